The molecule has 0 spiro atoms. The van der Waals surface area contributed by atoms with E-state index in [0.717, 1.165) is 22.5 Å². The van der Waals surface area contributed by atoms with Crippen molar-refractivity contribution in [3.8, 4) is 6.07 Å². The van der Waals surface area contributed by atoms with Gasteiger partial charge in [0, 0.05) is 44.6 Å². The first kappa shape index (κ1) is 21.9. The fourth-order valence-corrected chi connectivity index (χ4v) is 5.59. The number of benzene rings is 3. The molecule has 0 saturated carbocycles. The van der Waals surface area contributed by atoms with Gasteiger partial charge in [-0.25, -0.2) is 8.42 Å². The number of fused-ring (bicyclic) bond motifs is 1. The Bertz CT molecular complexity index is 1230. The highest BCUT2D eigenvalue weighted by Gasteiger charge is 2.34. The van der Waals surface area contributed by atoms with Gasteiger partial charge in [0.15, 0.2) is 0 Å². The Kier molecular flexibility index (Phi) is 6.17. The molecule has 1 heterocycles. The van der Waals surface area contributed by atoms with Crippen LogP contribution in [-0.4, -0.2) is 39.4 Å². The fraction of sp³-hybridized carbons (Fsp3) is 0.240. The monoisotopic (exact) mass is 446 g/mol. The Morgan fingerprint density at radius 2 is 1.78 bits per heavy atom. The third-order valence-corrected chi connectivity index (χ3v) is 7.68. The quantitative estimate of drug-likeness (QED) is 0.644. The van der Waals surface area contributed by atoms with Crippen LogP contribution in [0.3, 0.4) is 0 Å². The highest BCUT2D eigenvalue weighted by atomic mass is 32.2. The van der Waals surface area contributed by atoms with Gasteiger partial charge in [0.25, 0.3) is 0 Å². The molecular formula is C25H26N4O2S. The number of hydrogen-bond acceptors (Lipinski definition) is 5. The highest BCUT2D eigenvalue weighted by molar-refractivity contribution is 7.89. The van der Waals surface area contributed by atoms with Gasteiger partial charge in [-0.1, -0.05) is 30.3 Å². The normalized spacial score (nSPS) is 16.3. The molecule has 0 amide bonds. The van der Waals surface area contributed by atoms with E-state index in [1.807, 2.05) is 67.5 Å². The van der Waals surface area contributed by atoms with Crippen molar-refractivity contribution < 1.29 is 8.42 Å². The van der Waals surface area contributed by atoms with Crippen molar-refractivity contribution in [1.82, 2.24) is 4.31 Å². The van der Waals surface area contributed by atoms with Gasteiger partial charge in [-0.15, -0.1) is 0 Å². The van der Waals surface area contributed by atoms with Gasteiger partial charge in [-0.05, 0) is 60.0 Å². The lowest BCUT2D eigenvalue weighted by molar-refractivity contribution is 0.326. The summed E-state index contributed by atoms with van der Waals surface area (Å²) in [5, 5.41) is 12.7. The third kappa shape index (κ3) is 4.47. The zero-order valence-corrected chi connectivity index (χ0v) is 19.0. The van der Waals surface area contributed by atoms with Gasteiger partial charge in [-0.2, -0.15) is 9.57 Å². The van der Waals surface area contributed by atoms with Crippen LogP contribution in [0.1, 0.15) is 16.7 Å². The summed E-state index contributed by atoms with van der Waals surface area (Å²) in [6.45, 7) is 0.677. The second-order valence-corrected chi connectivity index (χ2v) is 10.0. The minimum atomic E-state index is -3.77. The number of rotatable bonds is 5. The van der Waals surface area contributed by atoms with Crippen molar-refractivity contribution in [2.45, 2.75) is 23.9 Å². The van der Waals surface area contributed by atoms with E-state index in [-0.39, 0.29) is 17.5 Å². The Balaban J connectivity index is 1.75. The average Bonchev–Trinajstić information content (AvgIpc) is 2.99. The molecule has 7 heteroatoms. The zero-order chi connectivity index (χ0) is 22.7. The molecular weight excluding hydrogens is 420 g/mol. The molecule has 32 heavy (non-hydrogen) atoms. The number of hydrogen-bond donors (Lipinski definition) is 1. The lowest BCUT2D eigenvalue weighted by atomic mass is 10.1. The molecule has 1 atom stereocenters. The molecule has 3 aromatic rings. The maximum absolute atomic E-state index is 13.8. The Labute approximate surface area is 189 Å². The van der Waals surface area contributed by atoms with Crippen molar-refractivity contribution in [3.05, 3.63) is 89.5 Å². The number of sulfonamides is 1. The Morgan fingerprint density at radius 1 is 1.06 bits per heavy atom. The largest absolute Gasteiger partial charge is 0.383 e. The standard InChI is InChI=1S/C25H26N4O2S/c1-28(2)22-9-11-24(12-10-22)32(30,31)29-18-21-14-20(16-26)8-13-25(21)27-17-23(29)15-19-6-4-3-5-7-19/h3-14,23,27H,15,17-18H2,1-2H3/t23-/m1/s1. The maximum Gasteiger partial charge on any atom is 0.243 e. The first-order valence-electron chi connectivity index (χ1n) is 10.5. The Hall–Kier alpha value is -3.34. The van der Waals surface area contributed by atoms with Gasteiger partial charge >= 0.3 is 0 Å². The minimum absolute atomic E-state index is 0.202. The summed E-state index contributed by atoms with van der Waals surface area (Å²) in [6, 6.07) is 24.1. The van der Waals surface area contributed by atoms with Gasteiger partial charge in [0.2, 0.25) is 10.0 Å². The van der Waals surface area contributed by atoms with E-state index >= 15 is 0 Å². The summed E-state index contributed by atoms with van der Waals surface area (Å²) in [6.07, 6.45) is 0.585. The van der Waals surface area contributed by atoms with E-state index in [1.165, 1.54) is 0 Å². The Morgan fingerprint density at radius 3 is 2.44 bits per heavy atom. The first-order valence-corrected chi connectivity index (χ1v) is 11.9. The first-order chi connectivity index (χ1) is 15.4. The van der Waals surface area contributed by atoms with E-state index in [1.54, 1.807) is 28.6 Å². The van der Waals surface area contributed by atoms with Gasteiger partial charge < -0.3 is 10.2 Å². The van der Waals surface area contributed by atoms with Crippen molar-refractivity contribution in [3.63, 3.8) is 0 Å². The van der Waals surface area contributed by atoms with Crippen LogP contribution in [0, 0.1) is 11.3 Å². The molecule has 0 unspecified atom stereocenters. The third-order valence-electron chi connectivity index (χ3n) is 5.77. The van der Waals surface area contributed by atoms with Crippen LogP contribution in [0.2, 0.25) is 0 Å². The molecule has 0 aromatic heterocycles. The second-order valence-electron chi connectivity index (χ2n) is 8.15. The molecule has 6 nitrogen and oxygen atoms in total. The van der Waals surface area contributed by atoms with E-state index in [2.05, 4.69) is 11.4 Å². The molecule has 1 aliphatic heterocycles. The van der Waals surface area contributed by atoms with Crippen molar-refractivity contribution in [2.75, 3.05) is 30.9 Å². The molecule has 3 aromatic carbocycles. The van der Waals surface area contributed by atoms with Crippen molar-refractivity contribution >= 4 is 21.4 Å². The van der Waals surface area contributed by atoms with Gasteiger partial charge in [0.1, 0.15) is 0 Å². The van der Waals surface area contributed by atoms with E-state index < -0.39 is 10.0 Å². The van der Waals surface area contributed by atoms with Crippen molar-refractivity contribution in [1.29, 1.82) is 5.26 Å². The van der Waals surface area contributed by atoms with Crippen molar-refractivity contribution in [2.24, 2.45) is 0 Å². The van der Waals surface area contributed by atoms with Crippen LogP contribution in [0.5, 0.6) is 0 Å². The molecule has 4 rings (SSSR count). The van der Waals surface area contributed by atoms with E-state index in [0.29, 0.717) is 18.5 Å². The average molecular weight is 447 g/mol. The smallest absolute Gasteiger partial charge is 0.243 e. The lowest BCUT2D eigenvalue weighted by Gasteiger charge is -2.29. The predicted octanol–water partition coefficient (Wildman–Crippen LogP) is 3.85. The van der Waals surface area contributed by atoms with E-state index in [9.17, 15) is 13.7 Å². The SMILES string of the molecule is CN(C)c1ccc(S(=O)(=O)N2Cc3cc(C#N)ccc3NC[C@H]2Cc2ccccc2)cc1. The molecule has 1 aliphatic rings. The number of nitrogens with one attached hydrogen (secondary N) is 1. The molecule has 0 bridgehead atoms. The van der Waals surface area contributed by atoms with Crippen LogP contribution < -0.4 is 10.2 Å². The van der Waals surface area contributed by atoms with Crippen LogP contribution in [-0.2, 0) is 23.0 Å². The summed E-state index contributed by atoms with van der Waals surface area (Å²) in [4.78, 5) is 2.20. The second kappa shape index (κ2) is 9.03. The van der Waals surface area contributed by atoms with Crippen LogP contribution in [0.4, 0.5) is 11.4 Å². The summed E-state index contributed by atoms with van der Waals surface area (Å²) in [5.41, 5.74) is 4.19. The molecule has 0 saturated heterocycles. The molecule has 0 fully saturated rings. The zero-order valence-electron chi connectivity index (χ0n) is 18.2. The highest BCUT2D eigenvalue weighted by Crippen LogP contribution is 2.30. The number of nitrogens with zero attached hydrogens (tertiary/aromatic N) is 3. The van der Waals surface area contributed by atoms with Gasteiger partial charge in [0.05, 0.1) is 16.5 Å². The molecule has 164 valence electrons. The molecule has 0 aliphatic carbocycles. The van der Waals surface area contributed by atoms with Gasteiger partial charge in [-0.3, -0.25) is 0 Å². The van der Waals surface area contributed by atoms with Crippen LogP contribution >= 0.6 is 0 Å². The molecule has 0 radical (unpaired) electrons. The molecule has 1 N–H and O–H groups in total. The lowest BCUT2D eigenvalue weighted by Crippen LogP contribution is -2.43. The fourth-order valence-electron chi connectivity index (χ4n) is 3.99. The number of anilines is 2. The topological polar surface area (TPSA) is 76.4 Å². The summed E-state index contributed by atoms with van der Waals surface area (Å²) in [5.74, 6) is 0. The summed E-state index contributed by atoms with van der Waals surface area (Å²) >= 11 is 0. The summed E-state index contributed by atoms with van der Waals surface area (Å²) in [7, 11) is 0.0730. The van der Waals surface area contributed by atoms with Crippen LogP contribution in [0.25, 0.3) is 0 Å². The van der Waals surface area contributed by atoms with Crippen LogP contribution in [0.15, 0.2) is 77.7 Å². The maximum atomic E-state index is 13.8. The predicted molar refractivity (Wildman–Crippen MR) is 127 cm³/mol. The number of nitriles is 1. The summed E-state index contributed by atoms with van der Waals surface area (Å²) < 4.78 is 29.2. The van der Waals surface area contributed by atoms with E-state index in [4.69, 9.17) is 0 Å². The minimum Gasteiger partial charge on any atom is -0.383 e.